The summed E-state index contributed by atoms with van der Waals surface area (Å²) in [6.45, 7) is 0.563. The fraction of sp³-hybridized carbons (Fsp3) is 0.611. The van der Waals surface area contributed by atoms with Gasteiger partial charge in [0.05, 0.1) is 19.8 Å². The number of rotatable bonds is 6. The lowest BCUT2D eigenvalue weighted by Gasteiger charge is -2.18. The number of hydrogen-bond donors (Lipinski definition) is 1. The molecule has 2 fully saturated rings. The van der Waals surface area contributed by atoms with Crippen LogP contribution in [0, 0.1) is 0 Å². The van der Waals surface area contributed by atoms with E-state index in [1.165, 1.54) is 25.7 Å². The average Bonchev–Trinajstić information content (AvgIpc) is 3.30. The number of benzene rings is 1. The molecule has 2 aliphatic carbocycles. The Kier molecular flexibility index (Phi) is 7.01. The van der Waals surface area contributed by atoms with Gasteiger partial charge in [-0.3, -0.25) is 0 Å². The molecule has 0 unspecified atom stereocenters. The number of nitrogens with two attached hydrogens (primary N) is 1. The first-order valence-electron chi connectivity index (χ1n) is 8.53. The van der Waals surface area contributed by atoms with Crippen molar-refractivity contribution in [3.05, 3.63) is 23.8 Å². The molecule has 134 valence electrons. The number of aliphatic imine (C=N–C) groups is 1. The summed E-state index contributed by atoms with van der Waals surface area (Å²) in [6, 6.07) is 6.59. The van der Waals surface area contributed by atoms with E-state index in [9.17, 15) is 0 Å². The Morgan fingerprint density at radius 2 is 1.92 bits per heavy atom. The van der Waals surface area contributed by atoms with Crippen molar-refractivity contribution in [2.75, 3.05) is 14.2 Å². The van der Waals surface area contributed by atoms with E-state index in [0.717, 1.165) is 29.9 Å². The molecule has 0 bridgehead atoms. The molecule has 1 aromatic carbocycles. The second kappa shape index (κ2) is 8.78. The second-order valence-electron chi connectivity index (χ2n) is 6.53. The van der Waals surface area contributed by atoms with Gasteiger partial charge in [-0.05, 0) is 56.2 Å². The maximum atomic E-state index is 6.13. The molecule has 2 N–H and O–H groups in total. The molecule has 1 aromatic rings. The van der Waals surface area contributed by atoms with Crippen LogP contribution >= 0.6 is 24.0 Å². The lowest BCUT2D eigenvalue weighted by molar-refractivity contribution is 0.200. The van der Waals surface area contributed by atoms with Gasteiger partial charge in [0.1, 0.15) is 0 Å². The quantitative estimate of drug-likeness (QED) is 0.414. The standard InChI is InChI=1S/C18H27N3O2.HI/c1-21(14-8-9-14)18(19)20-12-13-7-10-16(22-2)17(11-13)23-15-5-3-4-6-15;/h7,10-11,14-15H,3-6,8-9,12H2,1-2H3,(H2,19,20);1H. The molecule has 0 amide bonds. The van der Waals surface area contributed by atoms with Gasteiger partial charge in [-0.25, -0.2) is 4.99 Å². The Morgan fingerprint density at radius 3 is 2.54 bits per heavy atom. The van der Waals surface area contributed by atoms with Crippen molar-refractivity contribution in [1.82, 2.24) is 4.90 Å². The van der Waals surface area contributed by atoms with Crippen LogP contribution in [0.25, 0.3) is 0 Å². The van der Waals surface area contributed by atoms with Gasteiger partial charge in [0.15, 0.2) is 17.5 Å². The number of nitrogens with zero attached hydrogens (tertiary/aromatic N) is 2. The summed E-state index contributed by atoms with van der Waals surface area (Å²) in [5.41, 5.74) is 7.14. The largest absolute Gasteiger partial charge is 0.493 e. The van der Waals surface area contributed by atoms with Crippen molar-refractivity contribution in [2.24, 2.45) is 10.7 Å². The van der Waals surface area contributed by atoms with E-state index in [0.29, 0.717) is 24.7 Å². The Labute approximate surface area is 161 Å². The minimum absolute atomic E-state index is 0. The zero-order valence-corrected chi connectivity index (χ0v) is 16.9. The zero-order chi connectivity index (χ0) is 16.2. The highest BCUT2D eigenvalue weighted by Gasteiger charge is 2.27. The van der Waals surface area contributed by atoms with Gasteiger partial charge in [-0.2, -0.15) is 0 Å². The summed E-state index contributed by atoms with van der Waals surface area (Å²) in [7, 11) is 3.69. The molecule has 24 heavy (non-hydrogen) atoms. The van der Waals surface area contributed by atoms with Gasteiger partial charge < -0.3 is 20.1 Å². The minimum Gasteiger partial charge on any atom is -0.493 e. The summed E-state index contributed by atoms with van der Waals surface area (Å²) in [4.78, 5) is 6.58. The topological polar surface area (TPSA) is 60.1 Å². The van der Waals surface area contributed by atoms with Gasteiger partial charge in [-0.1, -0.05) is 6.07 Å². The summed E-state index contributed by atoms with van der Waals surface area (Å²) < 4.78 is 11.5. The molecule has 6 heteroatoms. The molecule has 0 heterocycles. The van der Waals surface area contributed by atoms with Crippen LogP contribution in [-0.2, 0) is 6.54 Å². The zero-order valence-electron chi connectivity index (χ0n) is 14.5. The molecule has 3 rings (SSSR count). The van der Waals surface area contributed by atoms with Crippen LogP contribution < -0.4 is 15.2 Å². The van der Waals surface area contributed by atoms with E-state index in [2.05, 4.69) is 9.89 Å². The fourth-order valence-electron chi connectivity index (χ4n) is 3.03. The van der Waals surface area contributed by atoms with E-state index in [1.807, 2.05) is 25.2 Å². The highest BCUT2D eigenvalue weighted by Crippen LogP contribution is 2.32. The van der Waals surface area contributed by atoms with Crippen molar-refractivity contribution in [1.29, 1.82) is 0 Å². The minimum atomic E-state index is 0. The molecular formula is C18H28IN3O2. The van der Waals surface area contributed by atoms with Crippen LogP contribution in [0.1, 0.15) is 44.1 Å². The van der Waals surface area contributed by atoms with Crippen LogP contribution in [0.3, 0.4) is 0 Å². The second-order valence-corrected chi connectivity index (χ2v) is 6.53. The maximum Gasteiger partial charge on any atom is 0.191 e. The van der Waals surface area contributed by atoms with Gasteiger partial charge >= 0.3 is 0 Å². The lowest BCUT2D eigenvalue weighted by atomic mass is 10.2. The number of hydrogen-bond acceptors (Lipinski definition) is 3. The normalized spacial score (nSPS) is 18.2. The van der Waals surface area contributed by atoms with Crippen LogP contribution in [0.2, 0.25) is 0 Å². The van der Waals surface area contributed by atoms with Crippen molar-refractivity contribution >= 4 is 29.9 Å². The van der Waals surface area contributed by atoms with Crippen molar-refractivity contribution in [2.45, 2.75) is 57.2 Å². The molecule has 0 aromatic heterocycles. The summed E-state index contributed by atoms with van der Waals surface area (Å²) in [6.07, 6.45) is 7.51. The third kappa shape index (κ3) is 4.91. The number of ether oxygens (including phenoxy) is 2. The van der Waals surface area contributed by atoms with Gasteiger partial charge in [0.25, 0.3) is 0 Å². The number of halogens is 1. The monoisotopic (exact) mass is 445 g/mol. The predicted octanol–water partition coefficient (Wildman–Crippen LogP) is 3.54. The Bertz CT molecular complexity index is 569. The van der Waals surface area contributed by atoms with Crippen LogP contribution in [0.15, 0.2) is 23.2 Å². The van der Waals surface area contributed by atoms with E-state index >= 15 is 0 Å². The van der Waals surface area contributed by atoms with E-state index in [1.54, 1.807) is 7.11 Å². The SMILES string of the molecule is COc1ccc(CN=C(N)N(C)C2CC2)cc1OC1CCCC1.I. The first-order valence-corrected chi connectivity index (χ1v) is 8.53. The summed E-state index contributed by atoms with van der Waals surface area (Å²) in [5, 5.41) is 0. The van der Waals surface area contributed by atoms with E-state index in [4.69, 9.17) is 15.2 Å². The molecule has 5 nitrogen and oxygen atoms in total. The molecule has 0 spiro atoms. The van der Waals surface area contributed by atoms with Gasteiger partial charge in [0.2, 0.25) is 0 Å². The van der Waals surface area contributed by atoms with Crippen molar-refractivity contribution in [3.63, 3.8) is 0 Å². The smallest absolute Gasteiger partial charge is 0.191 e. The van der Waals surface area contributed by atoms with Crippen LogP contribution in [0.5, 0.6) is 11.5 Å². The van der Waals surface area contributed by atoms with Crippen molar-refractivity contribution in [3.8, 4) is 11.5 Å². The van der Waals surface area contributed by atoms with Gasteiger partial charge in [-0.15, -0.1) is 24.0 Å². The third-order valence-electron chi connectivity index (χ3n) is 4.70. The molecule has 2 aliphatic rings. The Balaban J connectivity index is 0.00000208. The molecule has 0 saturated heterocycles. The van der Waals surface area contributed by atoms with Crippen molar-refractivity contribution < 1.29 is 9.47 Å². The predicted molar refractivity (Wildman–Crippen MR) is 107 cm³/mol. The highest BCUT2D eigenvalue weighted by atomic mass is 127. The van der Waals surface area contributed by atoms with E-state index in [-0.39, 0.29) is 24.0 Å². The third-order valence-corrected chi connectivity index (χ3v) is 4.70. The summed E-state index contributed by atoms with van der Waals surface area (Å²) >= 11 is 0. The molecular weight excluding hydrogens is 417 g/mol. The maximum absolute atomic E-state index is 6.13. The number of methoxy groups -OCH3 is 1. The lowest BCUT2D eigenvalue weighted by Crippen LogP contribution is -2.35. The summed E-state index contributed by atoms with van der Waals surface area (Å²) in [5.74, 6) is 2.22. The average molecular weight is 445 g/mol. The highest BCUT2D eigenvalue weighted by molar-refractivity contribution is 14.0. The van der Waals surface area contributed by atoms with Gasteiger partial charge in [0, 0.05) is 13.1 Å². The fourth-order valence-corrected chi connectivity index (χ4v) is 3.03. The first-order chi connectivity index (χ1) is 11.2. The first kappa shape index (κ1) is 19.1. The Morgan fingerprint density at radius 1 is 1.21 bits per heavy atom. The number of guanidine groups is 1. The Hall–Kier alpha value is -1.18. The molecule has 0 atom stereocenters. The van der Waals surface area contributed by atoms with Crippen LogP contribution in [-0.4, -0.2) is 37.2 Å². The molecule has 2 saturated carbocycles. The van der Waals surface area contributed by atoms with E-state index < -0.39 is 0 Å². The molecule has 0 radical (unpaired) electrons. The molecule has 0 aliphatic heterocycles. The van der Waals surface area contributed by atoms with Crippen LogP contribution in [0.4, 0.5) is 0 Å².